The summed E-state index contributed by atoms with van der Waals surface area (Å²) < 4.78 is 34.4. The van der Waals surface area contributed by atoms with Crippen molar-refractivity contribution in [3.63, 3.8) is 0 Å². The van der Waals surface area contributed by atoms with Crippen molar-refractivity contribution >= 4 is 22.0 Å². The number of hydrogen-bond acceptors (Lipinski definition) is 4. The number of benzene rings is 1. The predicted molar refractivity (Wildman–Crippen MR) is 79.0 cm³/mol. The molecule has 1 N–H and O–H groups in total. The first-order chi connectivity index (χ1) is 9.67. The van der Waals surface area contributed by atoms with Gasteiger partial charge in [0.25, 0.3) is 10.2 Å². The van der Waals surface area contributed by atoms with E-state index in [1.807, 2.05) is 18.2 Å². The van der Waals surface area contributed by atoms with Crippen LogP contribution < -0.4 is 4.72 Å². The second kappa shape index (κ2) is 6.03. The van der Waals surface area contributed by atoms with Crippen LogP contribution >= 0.6 is 11.8 Å². The van der Waals surface area contributed by atoms with Crippen LogP contribution in [0.3, 0.4) is 0 Å². The van der Waals surface area contributed by atoms with Crippen molar-refractivity contribution in [1.29, 1.82) is 0 Å². The molecule has 0 spiro atoms. The summed E-state index contributed by atoms with van der Waals surface area (Å²) in [5, 5.41) is 0. The van der Waals surface area contributed by atoms with Crippen LogP contribution in [0.5, 0.6) is 0 Å². The van der Waals surface area contributed by atoms with Crippen molar-refractivity contribution in [2.75, 3.05) is 32.1 Å². The lowest BCUT2D eigenvalue weighted by Crippen LogP contribution is -2.47. The molecule has 2 aliphatic rings. The molecule has 20 heavy (non-hydrogen) atoms. The first-order valence-corrected chi connectivity index (χ1v) is 9.16. The second-order valence-corrected chi connectivity index (χ2v) is 7.70. The SMILES string of the molecule is O=S(=O)(NC1CCSc2ccccc21)N1CCOCC1. The van der Waals surface area contributed by atoms with Crippen LogP contribution in [-0.4, -0.2) is 44.8 Å². The quantitative estimate of drug-likeness (QED) is 0.916. The van der Waals surface area contributed by atoms with Gasteiger partial charge in [0, 0.05) is 24.0 Å². The van der Waals surface area contributed by atoms with Gasteiger partial charge >= 0.3 is 0 Å². The lowest BCUT2D eigenvalue weighted by molar-refractivity contribution is 0.0723. The van der Waals surface area contributed by atoms with Crippen LogP contribution in [0.15, 0.2) is 29.2 Å². The number of hydrogen-bond donors (Lipinski definition) is 1. The van der Waals surface area contributed by atoms with Crippen molar-refractivity contribution in [1.82, 2.24) is 9.03 Å². The van der Waals surface area contributed by atoms with E-state index in [1.165, 1.54) is 9.20 Å². The number of fused-ring (bicyclic) bond motifs is 1. The Bertz CT molecular complexity index is 571. The molecule has 1 unspecified atom stereocenters. The number of ether oxygens (including phenoxy) is 1. The molecule has 1 atom stereocenters. The Hall–Kier alpha value is -0.600. The average molecular weight is 314 g/mol. The number of thioether (sulfide) groups is 1. The Balaban J connectivity index is 1.78. The number of morpholine rings is 1. The van der Waals surface area contributed by atoms with Gasteiger partial charge in [0.2, 0.25) is 0 Å². The van der Waals surface area contributed by atoms with Crippen molar-refractivity contribution in [2.24, 2.45) is 0 Å². The molecule has 1 fully saturated rings. The molecule has 0 radical (unpaired) electrons. The molecule has 5 nitrogen and oxygen atoms in total. The maximum Gasteiger partial charge on any atom is 0.280 e. The van der Waals surface area contributed by atoms with Crippen LogP contribution in [0.4, 0.5) is 0 Å². The van der Waals surface area contributed by atoms with E-state index >= 15 is 0 Å². The summed E-state index contributed by atoms with van der Waals surface area (Å²) in [5.74, 6) is 0.938. The third-order valence-corrected chi connectivity index (χ3v) is 6.31. The van der Waals surface area contributed by atoms with E-state index in [4.69, 9.17) is 4.74 Å². The van der Waals surface area contributed by atoms with E-state index in [0.29, 0.717) is 26.3 Å². The molecule has 7 heteroatoms. The summed E-state index contributed by atoms with van der Waals surface area (Å²) >= 11 is 1.79. The van der Waals surface area contributed by atoms with Crippen molar-refractivity contribution in [3.8, 4) is 0 Å². The van der Waals surface area contributed by atoms with Crippen LogP contribution in [-0.2, 0) is 14.9 Å². The fourth-order valence-electron chi connectivity index (χ4n) is 2.51. The largest absolute Gasteiger partial charge is 0.379 e. The molecule has 2 heterocycles. The van der Waals surface area contributed by atoms with Crippen LogP contribution in [0, 0.1) is 0 Å². The molecule has 110 valence electrons. The van der Waals surface area contributed by atoms with Gasteiger partial charge in [-0.25, -0.2) is 0 Å². The molecular formula is C13H18N2O3S2. The average Bonchev–Trinajstić information content (AvgIpc) is 2.48. The van der Waals surface area contributed by atoms with Gasteiger partial charge in [-0.3, -0.25) is 0 Å². The minimum atomic E-state index is -3.43. The summed E-state index contributed by atoms with van der Waals surface area (Å²) in [4.78, 5) is 1.17. The lowest BCUT2D eigenvalue weighted by Gasteiger charge is -2.31. The zero-order valence-electron chi connectivity index (χ0n) is 11.1. The predicted octanol–water partition coefficient (Wildman–Crippen LogP) is 1.39. The van der Waals surface area contributed by atoms with E-state index in [9.17, 15) is 8.42 Å². The van der Waals surface area contributed by atoms with Gasteiger partial charge in [-0.15, -0.1) is 11.8 Å². The van der Waals surface area contributed by atoms with Crippen LogP contribution in [0.1, 0.15) is 18.0 Å². The second-order valence-electron chi connectivity index (χ2n) is 4.86. The summed E-state index contributed by atoms with van der Waals surface area (Å²) in [5.41, 5.74) is 1.08. The maximum absolute atomic E-state index is 12.4. The van der Waals surface area contributed by atoms with Crippen molar-refractivity contribution in [3.05, 3.63) is 29.8 Å². The zero-order valence-corrected chi connectivity index (χ0v) is 12.8. The topological polar surface area (TPSA) is 58.6 Å². The number of nitrogens with one attached hydrogen (secondary N) is 1. The van der Waals surface area contributed by atoms with Crippen LogP contribution in [0.2, 0.25) is 0 Å². The Morgan fingerprint density at radius 1 is 1.25 bits per heavy atom. The highest BCUT2D eigenvalue weighted by atomic mass is 32.2. The maximum atomic E-state index is 12.4. The standard InChI is InChI=1S/C13H18N2O3S2/c16-20(17,15-6-8-18-9-7-15)14-12-5-10-19-13-4-2-1-3-11(12)13/h1-4,12,14H,5-10H2. The fraction of sp³-hybridized carbons (Fsp3) is 0.538. The molecule has 3 rings (SSSR count). The molecule has 1 aromatic carbocycles. The third-order valence-electron chi connectivity index (χ3n) is 3.56. The smallest absolute Gasteiger partial charge is 0.280 e. The molecule has 0 saturated carbocycles. The molecule has 0 aromatic heterocycles. The summed E-state index contributed by atoms with van der Waals surface area (Å²) in [7, 11) is -3.43. The summed E-state index contributed by atoms with van der Waals surface area (Å²) in [6, 6.07) is 7.88. The highest BCUT2D eigenvalue weighted by Gasteiger charge is 2.29. The van der Waals surface area contributed by atoms with E-state index in [1.54, 1.807) is 11.8 Å². The van der Waals surface area contributed by atoms with Crippen molar-refractivity contribution < 1.29 is 13.2 Å². The van der Waals surface area contributed by atoms with Gasteiger partial charge in [-0.1, -0.05) is 18.2 Å². The lowest BCUT2D eigenvalue weighted by atomic mass is 10.1. The van der Waals surface area contributed by atoms with Gasteiger partial charge in [0.15, 0.2) is 0 Å². The van der Waals surface area contributed by atoms with Crippen molar-refractivity contribution in [2.45, 2.75) is 17.4 Å². The van der Waals surface area contributed by atoms with E-state index < -0.39 is 10.2 Å². The molecular weight excluding hydrogens is 296 g/mol. The summed E-state index contributed by atoms with van der Waals surface area (Å²) in [6.07, 6.45) is 0.825. The molecule has 1 saturated heterocycles. The molecule has 1 aromatic rings. The van der Waals surface area contributed by atoms with Gasteiger partial charge in [0.05, 0.1) is 13.2 Å². The fourth-order valence-corrected chi connectivity index (χ4v) is 5.01. The van der Waals surface area contributed by atoms with E-state index in [-0.39, 0.29) is 6.04 Å². The van der Waals surface area contributed by atoms with Gasteiger partial charge in [-0.2, -0.15) is 17.4 Å². The number of rotatable bonds is 3. The first kappa shape index (κ1) is 14.3. The molecule has 0 amide bonds. The van der Waals surface area contributed by atoms with E-state index in [2.05, 4.69) is 10.8 Å². The Morgan fingerprint density at radius 2 is 2.00 bits per heavy atom. The highest BCUT2D eigenvalue weighted by molar-refractivity contribution is 7.99. The monoisotopic (exact) mass is 314 g/mol. The van der Waals surface area contributed by atoms with Gasteiger partial charge in [0.1, 0.15) is 0 Å². The molecule has 2 aliphatic heterocycles. The minimum absolute atomic E-state index is 0.125. The Morgan fingerprint density at radius 3 is 2.80 bits per heavy atom. The first-order valence-electron chi connectivity index (χ1n) is 6.74. The third kappa shape index (κ3) is 3.01. The molecule has 0 aliphatic carbocycles. The summed E-state index contributed by atoms with van der Waals surface area (Å²) in [6.45, 7) is 1.80. The highest BCUT2D eigenvalue weighted by Crippen LogP contribution is 2.36. The molecule has 0 bridgehead atoms. The Labute approximate surface area is 123 Å². The van der Waals surface area contributed by atoms with E-state index in [0.717, 1.165) is 17.7 Å². The number of nitrogens with zero attached hydrogens (tertiary/aromatic N) is 1. The van der Waals surface area contributed by atoms with Crippen LogP contribution in [0.25, 0.3) is 0 Å². The van der Waals surface area contributed by atoms with Gasteiger partial charge in [-0.05, 0) is 23.8 Å². The Kier molecular flexibility index (Phi) is 4.32. The zero-order chi connectivity index (χ0) is 14.0. The minimum Gasteiger partial charge on any atom is -0.379 e. The van der Waals surface area contributed by atoms with Gasteiger partial charge < -0.3 is 4.74 Å². The normalized spacial score (nSPS) is 24.3.